The highest BCUT2D eigenvalue weighted by molar-refractivity contribution is 5.75. The molecule has 2 rings (SSSR count). The number of hydrogen-bond donors (Lipinski definition) is 3. The Bertz CT molecular complexity index is 704. The monoisotopic (exact) mass is 357 g/mol. The third kappa shape index (κ3) is 6.58. The molecule has 0 unspecified atom stereocenters. The molecule has 0 radical (unpaired) electrons. The molecule has 0 atom stereocenters. The summed E-state index contributed by atoms with van der Waals surface area (Å²) in [7, 11) is 1.64. The summed E-state index contributed by atoms with van der Waals surface area (Å²) in [5.74, 6) is 2.12. The Balaban J connectivity index is 1.87. The lowest BCUT2D eigenvalue weighted by atomic mass is 10.2. The Kier molecular flexibility index (Phi) is 7.67. The Morgan fingerprint density at radius 2 is 1.92 bits per heavy atom. The molecular weight excluding hydrogens is 330 g/mol. The minimum atomic E-state index is 0.0840. The van der Waals surface area contributed by atoms with Crippen LogP contribution in [0.4, 0.5) is 17.5 Å². The zero-order valence-electron chi connectivity index (χ0n) is 15.6. The van der Waals surface area contributed by atoms with Gasteiger partial charge in [-0.05, 0) is 37.6 Å². The number of benzene rings is 1. The molecule has 0 aliphatic rings. The Hall–Kier alpha value is -2.83. The molecule has 7 nitrogen and oxygen atoms in total. The van der Waals surface area contributed by atoms with Crippen LogP contribution < -0.4 is 20.7 Å². The van der Waals surface area contributed by atoms with E-state index in [2.05, 4.69) is 32.8 Å². The maximum absolute atomic E-state index is 11.6. The molecule has 1 amide bonds. The first-order valence-electron chi connectivity index (χ1n) is 8.88. The lowest BCUT2D eigenvalue weighted by Crippen LogP contribution is -2.28. The van der Waals surface area contributed by atoms with Crippen LogP contribution in [0, 0.1) is 6.92 Å². The SMILES string of the molecule is CCCCC(=O)NCCNc1nc(C)cc(Nc2ccc(OC)cc2)n1. The Morgan fingerprint density at radius 1 is 1.15 bits per heavy atom. The van der Waals surface area contributed by atoms with E-state index in [4.69, 9.17) is 4.74 Å². The van der Waals surface area contributed by atoms with Crippen molar-refractivity contribution < 1.29 is 9.53 Å². The van der Waals surface area contributed by atoms with E-state index < -0.39 is 0 Å². The van der Waals surface area contributed by atoms with Gasteiger partial charge < -0.3 is 20.7 Å². The van der Waals surface area contributed by atoms with E-state index in [1.165, 1.54) is 0 Å². The van der Waals surface area contributed by atoms with Gasteiger partial charge in [0.2, 0.25) is 11.9 Å². The number of carbonyl (C=O) groups is 1. The van der Waals surface area contributed by atoms with Gasteiger partial charge in [0, 0.05) is 37.0 Å². The predicted molar refractivity (Wildman–Crippen MR) is 104 cm³/mol. The van der Waals surface area contributed by atoms with Crippen molar-refractivity contribution in [3.8, 4) is 5.75 Å². The third-order valence-corrected chi connectivity index (χ3v) is 3.70. The third-order valence-electron chi connectivity index (χ3n) is 3.70. The molecular formula is C19H27N5O2. The highest BCUT2D eigenvalue weighted by Gasteiger charge is 2.04. The number of nitrogens with one attached hydrogen (secondary N) is 3. The number of hydrogen-bond acceptors (Lipinski definition) is 6. The minimum Gasteiger partial charge on any atom is -0.497 e. The second-order valence-corrected chi connectivity index (χ2v) is 5.95. The first kappa shape index (κ1) is 19.5. The predicted octanol–water partition coefficient (Wildman–Crippen LogP) is 3.26. The van der Waals surface area contributed by atoms with Crippen LogP contribution in [0.5, 0.6) is 5.75 Å². The molecule has 1 heterocycles. The van der Waals surface area contributed by atoms with Crippen LogP contribution in [0.2, 0.25) is 0 Å². The van der Waals surface area contributed by atoms with Crippen molar-refractivity contribution >= 4 is 23.4 Å². The number of aryl methyl sites for hydroxylation is 1. The molecule has 0 saturated carbocycles. The van der Waals surface area contributed by atoms with Gasteiger partial charge in [0.15, 0.2) is 0 Å². The number of anilines is 3. The standard InChI is InChI=1S/C19H27N5O2/c1-4-5-6-18(25)20-11-12-21-19-22-14(2)13-17(24-19)23-15-7-9-16(26-3)10-8-15/h7-10,13H,4-6,11-12H2,1-3H3,(H,20,25)(H2,21,22,23,24). The van der Waals surface area contributed by atoms with Crippen LogP contribution >= 0.6 is 0 Å². The quantitative estimate of drug-likeness (QED) is 0.566. The van der Waals surface area contributed by atoms with Crippen molar-refractivity contribution in [2.24, 2.45) is 0 Å². The molecule has 0 fully saturated rings. The molecule has 26 heavy (non-hydrogen) atoms. The summed E-state index contributed by atoms with van der Waals surface area (Å²) >= 11 is 0. The number of unbranched alkanes of at least 4 members (excludes halogenated alkanes) is 1. The minimum absolute atomic E-state index is 0.0840. The van der Waals surface area contributed by atoms with Gasteiger partial charge in [-0.1, -0.05) is 13.3 Å². The Morgan fingerprint density at radius 3 is 2.62 bits per heavy atom. The van der Waals surface area contributed by atoms with Crippen LogP contribution in [-0.2, 0) is 4.79 Å². The topological polar surface area (TPSA) is 88.2 Å². The van der Waals surface area contributed by atoms with Gasteiger partial charge in [-0.15, -0.1) is 0 Å². The molecule has 3 N–H and O–H groups in total. The fourth-order valence-corrected chi connectivity index (χ4v) is 2.34. The van der Waals surface area contributed by atoms with Gasteiger partial charge in [-0.2, -0.15) is 4.98 Å². The molecule has 1 aromatic carbocycles. The summed E-state index contributed by atoms with van der Waals surface area (Å²) in [6, 6.07) is 9.50. The number of amides is 1. The number of rotatable bonds is 10. The van der Waals surface area contributed by atoms with Gasteiger partial charge in [0.05, 0.1) is 7.11 Å². The summed E-state index contributed by atoms with van der Waals surface area (Å²) in [4.78, 5) is 20.4. The van der Waals surface area contributed by atoms with Crippen molar-refractivity contribution in [2.75, 3.05) is 30.8 Å². The van der Waals surface area contributed by atoms with Gasteiger partial charge >= 0.3 is 0 Å². The van der Waals surface area contributed by atoms with Gasteiger partial charge in [0.25, 0.3) is 0 Å². The molecule has 0 bridgehead atoms. The lowest BCUT2D eigenvalue weighted by Gasteiger charge is -2.11. The number of carbonyl (C=O) groups excluding carboxylic acids is 1. The first-order valence-corrected chi connectivity index (χ1v) is 8.88. The maximum atomic E-state index is 11.6. The normalized spacial score (nSPS) is 10.3. The number of aromatic nitrogens is 2. The zero-order chi connectivity index (χ0) is 18.8. The van der Waals surface area contributed by atoms with E-state index >= 15 is 0 Å². The largest absolute Gasteiger partial charge is 0.497 e. The second-order valence-electron chi connectivity index (χ2n) is 5.95. The average Bonchev–Trinajstić information content (AvgIpc) is 2.64. The number of ether oxygens (including phenoxy) is 1. The molecule has 0 saturated heterocycles. The second kappa shape index (κ2) is 10.2. The van der Waals surface area contributed by atoms with Crippen molar-refractivity contribution in [3.05, 3.63) is 36.0 Å². The van der Waals surface area contributed by atoms with Crippen LogP contribution in [0.25, 0.3) is 0 Å². The van der Waals surface area contributed by atoms with Crippen molar-refractivity contribution in [1.29, 1.82) is 0 Å². The molecule has 0 aliphatic carbocycles. The van der Waals surface area contributed by atoms with Crippen LogP contribution in [0.1, 0.15) is 31.9 Å². The molecule has 0 aliphatic heterocycles. The van der Waals surface area contributed by atoms with E-state index in [1.807, 2.05) is 37.3 Å². The summed E-state index contributed by atoms with van der Waals surface area (Å²) in [6.07, 6.45) is 2.51. The summed E-state index contributed by atoms with van der Waals surface area (Å²) in [6.45, 7) is 5.10. The molecule has 7 heteroatoms. The van der Waals surface area contributed by atoms with Gasteiger partial charge in [-0.3, -0.25) is 4.79 Å². The van der Waals surface area contributed by atoms with E-state index in [1.54, 1.807) is 7.11 Å². The number of nitrogens with zero attached hydrogens (tertiary/aromatic N) is 2. The summed E-state index contributed by atoms with van der Waals surface area (Å²) in [5.41, 5.74) is 1.77. The Labute approximate surface area is 154 Å². The number of methoxy groups -OCH3 is 1. The summed E-state index contributed by atoms with van der Waals surface area (Å²) in [5, 5.41) is 9.28. The molecule has 2 aromatic rings. The summed E-state index contributed by atoms with van der Waals surface area (Å²) < 4.78 is 5.16. The van der Waals surface area contributed by atoms with Crippen molar-refractivity contribution in [1.82, 2.24) is 15.3 Å². The van der Waals surface area contributed by atoms with E-state index in [0.29, 0.717) is 31.3 Å². The molecule has 1 aromatic heterocycles. The highest BCUT2D eigenvalue weighted by Crippen LogP contribution is 2.19. The zero-order valence-corrected chi connectivity index (χ0v) is 15.6. The van der Waals surface area contributed by atoms with E-state index in [9.17, 15) is 4.79 Å². The van der Waals surface area contributed by atoms with E-state index in [0.717, 1.165) is 30.0 Å². The van der Waals surface area contributed by atoms with Crippen LogP contribution in [-0.4, -0.2) is 36.1 Å². The van der Waals surface area contributed by atoms with Gasteiger partial charge in [0.1, 0.15) is 11.6 Å². The fraction of sp³-hybridized carbons (Fsp3) is 0.421. The van der Waals surface area contributed by atoms with Crippen molar-refractivity contribution in [3.63, 3.8) is 0 Å². The molecule has 0 spiro atoms. The lowest BCUT2D eigenvalue weighted by molar-refractivity contribution is -0.121. The average molecular weight is 357 g/mol. The van der Waals surface area contributed by atoms with E-state index in [-0.39, 0.29) is 5.91 Å². The van der Waals surface area contributed by atoms with Gasteiger partial charge in [-0.25, -0.2) is 4.98 Å². The fourth-order valence-electron chi connectivity index (χ4n) is 2.34. The highest BCUT2D eigenvalue weighted by atomic mass is 16.5. The van der Waals surface area contributed by atoms with Crippen molar-refractivity contribution in [2.45, 2.75) is 33.1 Å². The maximum Gasteiger partial charge on any atom is 0.224 e. The van der Waals surface area contributed by atoms with Crippen LogP contribution in [0.3, 0.4) is 0 Å². The van der Waals surface area contributed by atoms with Crippen LogP contribution in [0.15, 0.2) is 30.3 Å². The molecule has 140 valence electrons. The first-order chi connectivity index (χ1) is 12.6. The smallest absolute Gasteiger partial charge is 0.224 e.